The number of hydrogen-bond donors (Lipinski definition) is 1. The van der Waals surface area contributed by atoms with E-state index >= 15 is 0 Å². The summed E-state index contributed by atoms with van der Waals surface area (Å²) in [5, 5.41) is 4.64. The Morgan fingerprint density at radius 1 is 1.10 bits per heavy atom. The lowest BCUT2D eigenvalue weighted by Gasteiger charge is -2.04. The average Bonchev–Trinajstić information content (AvgIpc) is 2.94. The maximum absolute atomic E-state index is 6.12. The van der Waals surface area contributed by atoms with Gasteiger partial charge in [-0.05, 0) is 40.2 Å². The van der Waals surface area contributed by atoms with Crippen molar-refractivity contribution in [2.24, 2.45) is 0 Å². The van der Waals surface area contributed by atoms with E-state index in [1.807, 2.05) is 6.07 Å². The summed E-state index contributed by atoms with van der Waals surface area (Å²) in [6, 6.07) is 6.83. The summed E-state index contributed by atoms with van der Waals surface area (Å²) in [5.41, 5.74) is 7.20. The number of rotatable bonds is 2. The van der Waals surface area contributed by atoms with Gasteiger partial charge in [-0.25, -0.2) is 0 Å². The van der Waals surface area contributed by atoms with E-state index in [4.69, 9.17) is 33.5 Å². The molecule has 0 bridgehead atoms. The van der Waals surface area contributed by atoms with E-state index in [1.54, 1.807) is 24.4 Å². The zero-order valence-corrected chi connectivity index (χ0v) is 13.4. The van der Waals surface area contributed by atoms with Crippen molar-refractivity contribution in [1.29, 1.82) is 0 Å². The van der Waals surface area contributed by atoms with Gasteiger partial charge in [-0.15, -0.1) is 0 Å². The van der Waals surface area contributed by atoms with Crippen molar-refractivity contribution in [3.8, 4) is 23.0 Å². The summed E-state index contributed by atoms with van der Waals surface area (Å²) in [4.78, 5) is 8.46. The molecule has 2 heterocycles. The predicted molar refractivity (Wildman–Crippen MR) is 85.1 cm³/mol. The number of hydrogen-bond acceptors (Lipinski definition) is 5. The van der Waals surface area contributed by atoms with Crippen LogP contribution in [-0.2, 0) is 0 Å². The Bertz CT molecular complexity index is 804. The first-order chi connectivity index (χ1) is 10.1. The topological polar surface area (TPSA) is 77.8 Å². The number of halogens is 3. The van der Waals surface area contributed by atoms with Crippen LogP contribution in [0.3, 0.4) is 0 Å². The molecule has 0 unspecified atom stereocenters. The SMILES string of the molecule is Nc1c(Cl)ccc(Cl)c1-c1nc(-c2ccc(Br)cn2)no1. The second-order valence-corrected chi connectivity index (χ2v) is 5.83. The molecule has 0 atom stereocenters. The van der Waals surface area contributed by atoms with E-state index in [9.17, 15) is 0 Å². The molecule has 2 N–H and O–H groups in total. The van der Waals surface area contributed by atoms with E-state index in [-0.39, 0.29) is 5.89 Å². The minimum Gasteiger partial charge on any atom is -0.397 e. The summed E-state index contributed by atoms with van der Waals surface area (Å²) in [7, 11) is 0. The molecule has 106 valence electrons. The smallest absolute Gasteiger partial charge is 0.261 e. The van der Waals surface area contributed by atoms with E-state index < -0.39 is 0 Å². The highest BCUT2D eigenvalue weighted by Gasteiger charge is 2.18. The van der Waals surface area contributed by atoms with Crippen molar-refractivity contribution >= 4 is 44.8 Å². The summed E-state index contributed by atoms with van der Waals surface area (Å²) in [6.07, 6.45) is 1.64. The molecule has 2 aromatic heterocycles. The molecule has 0 amide bonds. The number of pyridine rings is 1. The first-order valence-electron chi connectivity index (χ1n) is 5.75. The van der Waals surface area contributed by atoms with Crippen LogP contribution in [0.25, 0.3) is 23.0 Å². The molecule has 1 aromatic carbocycles. The fourth-order valence-electron chi connectivity index (χ4n) is 1.72. The molecule has 3 rings (SSSR count). The Balaban J connectivity index is 2.07. The molecule has 0 fully saturated rings. The summed E-state index contributed by atoms with van der Waals surface area (Å²) >= 11 is 15.4. The molecule has 0 spiro atoms. The molecule has 21 heavy (non-hydrogen) atoms. The maximum Gasteiger partial charge on any atom is 0.261 e. The lowest BCUT2D eigenvalue weighted by molar-refractivity contribution is 0.432. The standard InChI is InChI=1S/C13H7BrCl2N4O/c14-6-1-4-9(18-5-6)12-19-13(21-20-12)10-7(15)2-3-8(16)11(10)17/h1-5H,17H2. The van der Waals surface area contributed by atoms with Crippen molar-refractivity contribution in [3.05, 3.63) is 45.0 Å². The largest absolute Gasteiger partial charge is 0.397 e. The molecule has 0 saturated carbocycles. The second kappa shape index (κ2) is 5.63. The third-order valence-electron chi connectivity index (χ3n) is 2.74. The Morgan fingerprint density at radius 2 is 1.86 bits per heavy atom. The van der Waals surface area contributed by atoms with Gasteiger partial charge in [-0.2, -0.15) is 4.98 Å². The number of aromatic nitrogens is 3. The molecular weight excluding hydrogens is 379 g/mol. The Morgan fingerprint density at radius 3 is 2.57 bits per heavy atom. The molecule has 0 saturated heterocycles. The molecule has 3 aromatic rings. The monoisotopic (exact) mass is 384 g/mol. The molecule has 5 nitrogen and oxygen atoms in total. The minimum absolute atomic E-state index is 0.194. The van der Waals surface area contributed by atoms with Crippen LogP contribution in [0.1, 0.15) is 0 Å². The Hall–Kier alpha value is -1.63. The Labute approximate surface area is 138 Å². The number of nitrogens with zero attached hydrogens (tertiary/aromatic N) is 3. The van der Waals surface area contributed by atoms with Crippen LogP contribution in [0.5, 0.6) is 0 Å². The molecule has 0 aliphatic rings. The highest BCUT2D eigenvalue weighted by Crippen LogP contribution is 2.37. The maximum atomic E-state index is 6.12. The van der Waals surface area contributed by atoms with Crippen molar-refractivity contribution in [3.63, 3.8) is 0 Å². The summed E-state index contributed by atoms with van der Waals surface area (Å²) in [6.45, 7) is 0. The zero-order valence-electron chi connectivity index (χ0n) is 10.3. The fourth-order valence-corrected chi connectivity index (χ4v) is 2.36. The molecular formula is C13H7BrCl2N4O. The van der Waals surface area contributed by atoms with E-state index in [0.29, 0.717) is 32.8 Å². The zero-order chi connectivity index (χ0) is 15.0. The lowest BCUT2D eigenvalue weighted by Crippen LogP contribution is -1.93. The van der Waals surface area contributed by atoms with Gasteiger partial charge in [-0.3, -0.25) is 4.98 Å². The van der Waals surface area contributed by atoms with Gasteiger partial charge in [0.15, 0.2) is 0 Å². The minimum atomic E-state index is 0.194. The van der Waals surface area contributed by atoms with Gasteiger partial charge in [0.2, 0.25) is 5.82 Å². The van der Waals surface area contributed by atoms with E-state index in [2.05, 4.69) is 31.1 Å². The van der Waals surface area contributed by atoms with Gasteiger partial charge in [-0.1, -0.05) is 28.4 Å². The lowest BCUT2D eigenvalue weighted by atomic mass is 10.2. The van der Waals surface area contributed by atoms with Crippen LogP contribution in [0.15, 0.2) is 39.5 Å². The number of nitrogens with two attached hydrogens (primary N) is 1. The van der Waals surface area contributed by atoms with Gasteiger partial charge in [0.25, 0.3) is 5.89 Å². The quantitative estimate of drug-likeness (QED) is 0.659. The average molecular weight is 386 g/mol. The second-order valence-electron chi connectivity index (χ2n) is 4.10. The van der Waals surface area contributed by atoms with Crippen molar-refractivity contribution in [2.45, 2.75) is 0 Å². The molecule has 0 radical (unpaired) electrons. The normalized spacial score (nSPS) is 10.8. The van der Waals surface area contributed by atoms with Crippen LogP contribution < -0.4 is 5.73 Å². The van der Waals surface area contributed by atoms with Crippen LogP contribution in [0.4, 0.5) is 5.69 Å². The van der Waals surface area contributed by atoms with Gasteiger partial charge >= 0.3 is 0 Å². The van der Waals surface area contributed by atoms with Crippen LogP contribution in [-0.4, -0.2) is 15.1 Å². The molecule has 8 heteroatoms. The van der Waals surface area contributed by atoms with Gasteiger partial charge in [0.1, 0.15) is 5.69 Å². The van der Waals surface area contributed by atoms with Crippen molar-refractivity contribution < 1.29 is 4.52 Å². The molecule has 0 aliphatic carbocycles. The van der Waals surface area contributed by atoms with Crippen LogP contribution in [0.2, 0.25) is 10.0 Å². The summed E-state index contributed by atoms with van der Waals surface area (Å²) in [5.74, 6) is 0.535. The third kappa shape index (κ3) is 2.74. The number of nitrogen functional groups attached to an aromatic ring is 1. The van der Waals surface area contributed by atoms with E-state index in [1.165, 1.54) is 0 Å². The Kier molecular flexibility index (Phi) is 3.84. The van der Waals surface area contributed by atoms with Gasteiger partial charge < -0.3 is 10.3 Å². The van der Waals surface area contributed by atoms with Gasteiger partial charge in [0, 0.05) is 10.7 Å². The number of benzene rings is 1. The van der Waals surface area contributed by atoms with Crippen molar-refractivity contribution in [1.82, 2.24) is 15.1 Å². The van der Waals surface area contributed by atoms with Gasteiger partial charge in [0.05, 0.1) is 21.3 Å². The molecule has 0 aliphatic heterocycles. The highest BCUT2D eigenvalue weighted by atomic mass is 79.9. The number of anilines is 1. The first kappa shape index (κ1) is 14.3. The van der Waals surface area contributed by atoms with Crippen LogP contribution >= 0.6 is 39.1 Å². The highest BCUT2D eigenvalue weighted by molar-refractivity contribution is 9.10. The van der Waals surface area contributed by atoms with Crippen LogP contribution in [0, 0.1) is 0 Å². The van der Waals surface area contributed by atoms with Crippen molar-refractivity contribution in [2.75, 3.05) is 5.73 Å². The van der Waals surface area contributed by atoms with E-state index in [0.717, 1.165) is 4.47 Å². The predicted octanol–water partition coefficient (Wildman–Crippen LogP) is 4.45. The fraction of sp³-hybridized carbons (Fsp3) is 0. The first-order valence-corrected chi connectivity index (χ1v) is 7.30. The summed E-state index contributed by atoms with van der Waals surface area (Å²) < 4.78 is 6.07. The third-order valence-corrected chi connectivity index (χ3v) is 3.85.